The Labute approximate surface area is 157 Å². The average molecular weight is 376 g/mol. The molecule has 0 unspecified atom stereocenters. The van der Waals surface area contributed by atoms with Gasteiger partial charge < -0.3 is 10.0 Å². The first-order valence-electron chi connectivity index (χ1n) is 8.95. The van der Waals surface area contributed by atoms with Crippen molar-refractivity contribution in [1.29, 1.82) is 0 Å². The van der Waals surface area contributed by atoms with Gasteiger partial charge in [-0.05, 0) is 43.2 Å². The molecule has 0 bridgehead atoms. The number of hydrogen-bond donors (Lipinski definition) is 1. The Morgan fingerprint density at radius 3 is 2.26 bits per heavy atom. The van der Waals surface area contributed by atoms with E-state index in [0.717, 1.165) is 37.7 Å². The van der Waals surface area contributed by atoms with Gasteiger partial charge in [0, 0.05) is 30.5 Å². The second-order valence-corrected chi connectivity index (χ2v) is 6.83. The fourth-order valence-corrected chi connectivity index (χ4v) is 3.59. The van der Waals surface area contributed by atoms with Crippen LogP contribution >= 0.6 is 0 Å². The molecule has 1 fully saturated rings. The topological polar surface area (TPSA) is 26.7 Å². The van der Waals surface area contributed by atoms with Crippen molar-refractivity contribution < 1.29 is 18.3 Å². The summed E-state index contributed by atoms with van der Waals surface area (Å²) in [5, 5.41) is 9.39. The molecule has 0 saturated carbocycles. The van der Waals surface area contributed by atoms with Crippen molar-refractivity contribution in [3.05, 3.63) is 72.5 Å². The van der Waals surface area contributed by atoms with E-state index in [0.29, 0.717) is 12.2 Å². The van der Waals surface area contributed by atoms with Crippen molar-refractivity contribution in [3.8, 4) is 0 Å². The molecule has 1 aliphatic rings. The van der Waals surface area contributed by atoms with Gasteiger partial charge in [0.25, 0.3) is 0 Å². The third kappa shape index (κ3) is 4.83. The molecular weight excluding hydrogens is 353 g/mol. The Kier molecular flexibility index (Phi) is 5.75. The highest BCUT2D eigenvalue weighted by Gasteiger charge is 2.32. The summed E-state index contributed by atoms with van der Waals surface area (Å²) in [6, 6.07) is 15.1. The van der Waals surface area contributed by atoms with Crippen LogP contribution in [0.1, 0.15) is 18.4 Å². The van der Waals surface area contributed by atoms with Crippen LogP contribution in [-0.4, -0.2) is 35.7 Å². The molecule has 0 aliphatic carbocycles. The molecule has 144 valence electrons. The predicted octanol–water partition coefficient (Wildman–Crippen LogP) is 5.38. The van der Waals surface area contributed by atoms with Crippen LogP contribution in [-0.2, 0) is 6.18 Å². The molecule has 0 amide bonds. The largest absolute Gasteiger partial charge is 0.512 e. The van der Waals surface area contributed by atoms with Gasteiger partial charge in [-0.1, -0.05) is 30.8 Å². The molecule has 27 heavy (non-hydrogen) atoms. The van der Waals surface area contributed by atoms with E-state index < -0.39 is 11.7 Å². The molecule has 0 spiro atoms. The summed E-state index contributed by atoms with van der Waals surface area (Å²) >= 11 is 0. The van der Waals surface area contributed by atoms with Gasteiger partial charge in [0.05, 0.1) is 17.9 Å². The SMILES string of the molecule is C=C(O)CN1CCC(N(c2ccccc2)c2cccc(C(F)(F)F)c2)CC1. The number of anilines is 2. The standard InChI is InChI=1S/C21H23F3N2O/c1-16(27)15-25-12-10-19(11-13-25)26(18-7-3-2-4-8-18)20-9-5-6-17(14-20)21(22,23)24/h2-9,14,19,27H,1,10-13,15H2. The van der Waals surface area contributed by atoms with Crippen molar-refractivity contribution in [2.75, 3.05) is 24.5 Å². The highest BCUT2D eigenvalue weighted by Crippen LogP contribution is 2.36. The van der Waals surface area contributed by atoms with Gasteiger partial charge in [0.15, 0.2) is 0 Å². The van der Waals surface area contributed by atoms with Crippen LogP contribution in [0.5, 0.6) is 0 Å². The summed E-state index contributed by atoms with van der Waals surface area (Å²) in [5.41, 5.74) is 0.776. The Hall–Kier alpha value is -2.47. The van der Waals surface area contributed by atoms with Gasteiger partial charge in [-0.3, -0.25) is 4.90 Å². The maximum absolute atomic E-state index is 13.2. The van der Waals surface area contributed by atoms with Crippen LogP contribution in [0.2, 0.25) is 0 Å². The van der Waals surface area contributed by atoms with Gasteiger partial charge in [-0.15, -0.1) is 0 Å². The zero-order valence-electron chi connectivity index (χ0n) is 15.0. The van der Waals surface area contributed by atoms with Crippen LogP contribution in [0.3, 0.4) is 0 Å². The van der Waals surface area contributed by atoms with Crippen LogP contribution < -0.4 is 4.90 Å². The maximum atomic E-state index is 13.2. The number of aliphatic hydroxyl groups is 1. The number of piperidine rings is 1. The van der Waals surface area contributed by atoms with Gasteiger partial charge >= 0.3 is 6.18 Å². The molecule has 1 aliphatic heterocycles. The van der Waals surface area contributed by atoms with E-state index in [4.69, 9.17) is 0 Å². The van der Waals surface area contributed by atoms with Crippen molar-refractivity contribution >= 4 is 11.4 Å². The van der Waals surface area contributed by atoms with Crippen LogP contribution in [0.25, 0.3) is 0 Å². The smallest absolute Gasteiger partial charge is 0.416 e. The van der Waals surface area contributed by atoms with Crippen molar-refractivity contribution in [1.82, 2.24) is 4.90 Å². The second-order valence-electron chi connectivity index (χ2n) is 6.83. The summed E-state index contributed by atoms with van der Waals surface area (Å²) < 4.78 is 39.6. The minimum Gasteiger partial charge on any atom is -0.512 e. The number of halogens is 3. The number of alkyl halides is 3. The first-order chi connectivity index (χ1) is 12.8. The van der Waals surface area contributed by atoms with E-state index in [2.05, 4.69) is 11.5 Å². The summed E-state index contributed by atoms with van der Waals surface area (Å²) in [7, 11) is 0. The van der Waals surface area contributed by atoms with Crippen LogP contribution in [0, 0.1) is 0 Å². The predicted molar refractivity (Wildman–Crippen MR) is 101 cm³/mol. The first kappa shape index (κ1) is 19.3. The minimum absolute atomic E-state index is 0.0825. The molecule has 1 N–H and O–H groups in total. The zero-order chi connectivity index (χ0) is 19.4. The Bertz CT molecular complexity index is 768. The van der Waals surface area contributed by atoms with E-state index in [9.17, 15) is 18.3 Å². The van der Waals surface area contributed by atoms with Crippen LogP contribution in [0.15, 0.2) is 66.9 Å². The third-order valence-electron chi connectivity index (χ3n) is 4.81. The number of hydrogen-bond acceptors (Lipinski definition) is 3. The number of para-hydroxylation sites is 1. The molecule has 1 saturated heterocycles. The number of likely N-dealkylation sites (tertiary alicyclic amines) is 1. The van der Waals surface area contributed by atoms with Gasteiger partial charge in [0.1, 0.15) is 0 Å². The summed E-state index contributed by atoms with van der Waals surface area (Å²) in [6.45, 7) is 5.47. The van der Waals surface area contributed by atoms with Crippen molar-refractivity contribution in [2.45, 2.75) is 25.1 Å². The quantitative estimate of drug-likeness (QED) is 0.710. The molecule has 2 aromatic rings. The fraction of sp³-hybridized carbons (Fsp3) is 0.333. The Morgan fingerprint density at radius 1 is 1.04 bits per heavy atom. The summed E-state index contributed by atoms with van der Waals surface area (Å²) in [6.07, 6.45) is -2.79. The zero-order valence-corrected chi connectivity index (χ0v) is 15.0. The van der Waals surface area contributed by atoms with Gasteiger partial charge in [-0.2, -0.15) is 13.2 Å². The highest BCUT2D eigenvalue weighted by atomic mass is 19.4. The molecule has 6 heteroatoms. The molecule has 3 rings (SSSR count). The average Bonchev–Trinajstić information content (AvgIpc) is 2.63. The molecular formula is C21H23F3N2O. The third-order valence-corrected chi connectivity index (χ3v) is 4.81. The fourth-order valence-electron chi connectivity index (χ4n) is 3.59. The normalized spacial score (nSPS) is 16.3. The summed E-state index contributed by atoms with van der Waals surface area (Å²) in [5.74, 6) is 0.131. The lowest BCUT2D eigenvalue weighted by molar-refractivity contribution is -0.137. The van der Waals surface area contributed by atoms with E-state index in [1.807, 2.05) is 35.2 Å². The van der Waals surface area contributed by atoms with Crippen LogP contribution in [0.4, 0.5) is 24.5 Å². The molecule has 0 radical (unpaired) electrons. The highest BCUT2D eigenvalue weighted by molar-refractivity contribution is 5.65. The second kappa shape index (κ2) is 8.05. The van der Waals surface area contributed by atoms with E-state index in [1.165, 1.54) is 12.1 Å². The Morgan fingerprint density at radius 2 is 1.67 bits per heavy atom. The Balaban J connectivity index is 1.89. The van der Waals surface area contributed by atoms with Crippen molar-refractivity contribution in [3.63, 3.8) is 0 Å². The number of benzene rings is 2. The first-order valence-corrected chi connectivity index (χ1v) is 8.95. The molecule has 0 aromatic heterocycles. The van der Waals surface area contributed by atoms with E-state index in [1.54, 1.807) is 6.07 Å². The number of nitrogens with zero attached hydrogens (tertiary/aromatic N) is 2. The molecule has 2 aromatic carbocycles. The maximum Gasteiger partial charge on any atom is 0.416 e. The van der Waals surface area contributed by atoms with E-state index in [-0.39, 0.29) is 11.8 Å². The lowest BCUT2D eigenvalue weighted by atomic mass is 10.0. The summed E-state index contributed by atoms with van der Waals surface area (Å²) in [4.78, 5) is 4.11. The molecule has 1 heterocycles. The minimum atomic E-state index is -4.37. The number of rotatable bonds is 5. The van der Waals surface area contributed by atoms with E-state index >= 15 is 0 Å². The van der Waals surface area contributed by atoms with Gasteiger partial charge in [0.2, 0.25) is 0 Å². The lowest BCUT2D eigenvalue weighted by Gasteiger charge is -2.40. The lowest BCUT2D eigenvalue weighted by Crippen LogP contribution is -2.43. The number of aliphatic hydroxyl groups excluding tert-OH is 1. The molecule has 3 nitrogen and oxygen atoms in total. The van der Waals surface area contributed by atoms with Gasteiger partial charge in [-0.25, -0.2) is 0 Å². The monoisotopic (exact) mass is 376 g/mol. The van der Waals surface area contributed by atoms with Crippen molar-refractivity contribution in [2.24, 2.45) is 0 Å². The molecule has 0 atom stereocenters.